The molecule has 2 fully saturated rings. The summed E-state index contributed by atoms with van der Waals surface area (Å²) in [7, 11) is 2.09. The lowest BCUT2D eigenvalue weighted by Crippen LogP contribution is -2.58. The number of thioether (sulfide) groups is 1. The summed E-state index contributed by atoms with van der Waals surface area (Å²) in [6, 6.07) is 15.2. The summed E-state index contributed by atoms with van der Waals surface area (Å²) in [5.41, 5.74) is 2.42. The molecule has 2 aromatic carbocycles. The molecule has 44 heavy (non-hydrogen) atoms. The van der Waals surface area contributed by atoms with E-state index in [1.807, 2.05) is 46.2 Å². The van der Waals surface area contributed by atoms with Gasteiger partial charge in [0.25, 0.3) is 5.91 Å². The highest BCUT2D eigenvalue weighted by atomic mass is 35.5. The lowest BCUT2D eigenvalue weighted by molar-refractivity contribution is -0.146. The Bertz CT molecular complexity index is 1510. The molecule has 2 saturated heterocycles. The number of amides is 2. The van der Waals surface area contributed by atoms with E-state index in [1.54, 1.807) is 0 Å². The normalized spacial score (nSPS) is 29.1. The average molecular weight is 655 g/mol. The molecule has 6 rings (SSSR count). The molecule has 4 aliphatic rings. The number of nitrogens with zero attached hydrogens (tertiary/aromatic N) is 5. The molecular weight excluding hydrogens is 613 g/mol. The number of aliphatic imine (C=N–C) groups is 1. The van der Waals surface area contributed by atoms with Gasteiger partial charge in [-0.15, -0.1) is 0 Å². The number of carbonyl (C=O) groups is 2. The lowest BCUT2D eigenvalue weighted by atomic mass is 9.81. The molecule has 234 valence electrons. The van der Waals surface area contributed by atoms with Crippen LogP contribution in [0, 0.1) is 5.92 Å². The van der Waals surface area contributed by atoms with Crippen molar-refractivity contribution in [3.8, 4) is 0 Å². The topological polar surface area (TPSA) is 59.5 Å². The largest absolute Gasteiger partial charge is 0.336 e. The summed E-state index contributed by atoms with van der Waals surface area (Å²) < 4.78 is 0. The van der Waals surface area contributed by atoms with Gasteiger partial charge in [0.2, 0.25) is 5.91 Å². The zero-order valence-electron chi connectivity index (χ0n) is 26.3. The van der Waals surface area contributed by atoms with Crippen molar-refractivity contribution in [2.45, 2.75) is 77.2 Å². The van der Waals surface area contributed by atoms with Crippen molar-refractivity contribution in [3.63, 3.8) is 0 Å². The third-order valence-corrected chi connectivity index (χ3v) is 11.2. The van der Waals surface area contributed by atoms with Crippen LogP contribution < -0.4 is 0 Å². The number of rotatable bonds is 5. The van der Waals surface area contributed by atoms with Crippen molar-refractivity contribution in [2.24, 2.45) is 10.9 Å². The molecule has 0 aromatic heterocycles. The second-order valence-corrected chi connectivity index (χ2v) is 15.0. The Morgan fingerprint density at radius 1 is 0.955 bits per heavy atom. The smallest absolute Gasteiger partial charge is 0.263 e. The number of halogens is 2. The van der Waals surface area contributed by atoms with Crippen LogP contribution in [-0.2, 0) is 15.1 Å². The predicted octanol–water partition coefficient (Wildman–Crippen LogP) is 6.78. The Morgan fingerprint density at radius 3 is 2.20 bits per heavy atom. The van der Waals surface area contributed by atoms with Gasteiger partial charge in [-0.25, -0.2) is 4.99 Å². The van der Waals surface area contributed by atoms with Crippen molar-refractivity contribution in [1.82, 2.24) is 19.6 Å². The maximum Gasteiger partial charge on any atom is 0.263 e. The van der Waals surface area contributed by atoms with Gasteiger partial charge in [-0.1, -0.05) is 61.3 Å². The van der Waals surface area contributed by atoms with Crippen LogP contribution in [0.15, 0.2) is 64.1 Å². The van der Waals surface area contributed by atoms with E-state index in [4.69, 9.17) is 28.2 Å². The zero-order valence-corrected chi connectivity index (χ0v) is 28.6. The van der Waals surface area contributed by atoms with Crippen LogP contribution in [0.5, 0.6) is 0 Å². The van der Waals surface area contributed by atoms with E-state index in [1.165, 1.54) is 11.8 Å². The minimum atomic E-state index is -0.632. The number of amidine groups is 1. The maximum atomic E-state index is 14.6. The van der Waals surface area contributed by atoms with Crippen molar-refractivity contribution >= 4 is 51.9 Å². The van der Waals surface area contributed by atoms with Crippen molar-refractivity contribution in [1.29, 1.82) is 0 Å². The number of allylic oxidation sites excluding steroid dienone is 1. The number of hydrogen-bond acceptors (Lipinski definition) is 6. The van der Waals surface area contributed by atoms with Crippen LogP contribution in [0.2, 0.25) is 10.0 Å². The van der Waals surface area contributed by atoms with E-state index in [-0.39, 0.29) is 35.9 Å². The minimum Gasteiger partial charge on any atom is -0.336 e. The number of likely N-dealkylation sites (N-methyl/N-ethyl adjacent to an activating group) is 1. The van der Waals surface area contributed by atoms with E-state index in [2.05, 4.69) is 63.6 Å². The highest BCUT2D eigenvalue weighted by Crippen LogP contribution is 2.56. The number of carbonyl (C=O) groups excluding carboxylic acids is 2. The Labute approximate surface area is 275 Å². The summed E-state index contributed by atoms with van der Waals surface area (Å²) in [6.07, 6.45) is 1.50. The number of fused-ring (bicyclic) bond motifs is 1. The fourth-order valence-corrected chi connectivity index (χ4v) is 9.01. The first-order valence-corrected chi connectivity index (χ1v) is 17.1. The van der Waals surface area contributed by atoms with Crippen molar-refractivity contribution in [2.75, 3.05) is 26.7 Å². The van der Waals surface area contributed by atoms with E-state index < -0.39 is 11.6 Å². The molecule has 2 amide bonds. The SMILES string of the molecule is CC(C)C1=C(C(=O)N2[C@H](C)CC[C@H]2C(=O)N2CCN(C)C[C@H]2C)SC2=N[C@@](C)(c3ccc(Cl)cc3)[C@@H](c3ccc(Cl)cc3)N21. The molecule has 0 radical (unpaired) electrons. The van der Waals surface area contributed by atoms with Gasteiger partial charge in [-0.3, -0.25) is 9.59 Å². The van der Waals surface area contributed by atoms with Gasteiger partial charge in [0, 0.05) is 47.5 Å². The summed E-state index contributed by atoms with van der Waals surface area (Å²) in [6.45, 7) is 13.0. The molecular formula is C34H41Cl2N5O2S. The van der Waals surface area contributed by atoms with Crippen LogP contribution in [-0.4, -0.2) is 81.4 Å². The number of hydrogen-bond donors (Lipinski definition) is 0. The summed E-state index contributed by atoms with van der Waals surface area (Å²) in [5.74, 6) is 0.0513. The second-order valence-electron chi connectivity index (χ2n) is 13.1. The molecule has 0 bridgehead atoms. The number of piperazine rings is 1. The molecule has 5 atom stereocenters. The van der Waals surface area contributed by atoms with E-state index in [9.17, 15) is 9.59 Å². The van der Waals surface area contributed by atoms with Gasteiger partial charge < -0.3 is 19.6 Å². The summed E-state index contributed by atoms with van der Waals surface area (Å²) >= 11 is 14.0. The van der Waals surface area contributed by atoms with Gasteiger partial charge >= 0.3 is 0 Å². The van der Waals surface area contributed by atoms with Crippen LogP contribution in [0.25, 0.3) is 0 Å². The highest BCUT2D eigenvalue weighted by molar-refractivity contribution is 8.18. The Balaban J connectivity index is 1.39. The predicted molar refractivity (Wildman–Crippen MR) is 180 cm³/mol. The molecule has 0 saturated carbocycles. The monoisotopic (exact) mass is 653 g/mol. The van der Waals surface area contributed by atoms with Gasteiger partial charge in [0.1, 0.15) is 16.5 Å². The fourth-order valence-electron chi connectivity index (χ4n) is 7.41. The lowest BCUT2D eigenvalue weighted by Gasteiger charge is -2.41. The Morgan fingerprint density at radius 2 is 1.59 bits per heavy atom. The Kier molecular flexibility index (Phi) is 8.59. The molecule has 10 heteroatoms. The molecule has 4 aliphatic heterocycles. The minimum absolute atomic E-state index is 0.0236. The summed E-state index contributed by atoms with van der Waals surface area (Å²) in [5, 5.41) is 2.14. The molecule has 4 heterocycles. The third-order valence-electron chi connectivity index (χ3n) is 9.67. The van der Waals surface area contributed by atoms with Crippen LogP contribution in [0.3, 0.4) is 0 Å². The zero-order chi connectivity index (χ0) is 31.5. The Hall–Kier alpha value is -2.52. The van der Waals surface area contributed by atoms with Gasteiger partial charge in [0.05, 0.1) is 6.04 Å². The number of likely N-dealkylation sites (tertiary alicyclic amines) is 1. The first-order chi connectivity index (χ1) is 20.9. The van der Waals surface area contributed by atoms with E-state index in [0.29, 0.717) is 27.9 Å². The standard InChI is InChI=1S/C34H41Cl2N5O2S/c1-20(2)28-29(32(43)40-21(3)7-16-27(40)31(42)39-18-17-38(6)19-22(39)4)44-33-37-34(5,24-10-14-26(36)15-11-24)30(41(28)33)23-8-12-25(35)13-9-23/h8-15,20-22,27,30H,7,16-19H2,1-6H3/t21-,22-,27+,30-,34+/m1/s1. The first-order valence-electron chi connectivity index (χ1n) is 15.5. The second kappa shape index (κ2) is 12.0. The maximum absolute atomic E-state index is 14.6. The first kappa shape index (κ1) is 31.5. The fraction of sp³-hybridized carbons (Fsp3) is 0.500. The molecule has 0 N–H and O–H groups in total. The van der Waals surface area contributed by atoms with Gasteiger partial charge in [-0.2, -0.15) is 0 Å². The van der Waals surface area contributed by atoms with Gasteiger partial charge in [0.15, 0.2) is 5.17 Å². The molecule has 0 unspecified atom stereocenters. The van der Waals surface area contributed by atoms with Gasteiger partial charge in [-0.05, 0) is 93.7 Å². The highest BCUT2D eigenvalue weighted by Gasteiger charge is 2.54. The van der Waals surface area contributed by atoms with E-state index >= 15 is 0 Å². The number of benzene rings is 2. The van der Waals surface area contributed by atoms with Crippen LogP contribution in [0.1, 0.15) is 64.6 Å². The molecule has 7 nitrogen and oxygen atoms in total. The molecule has 2 aromatic rings. The molecule has 0 spiro atoms. The van der Waals surface area contributed by atoms with Crippen molar-refractivity contribution in [3.05, 3.63) is 80.3 Å². The third kappa shape index (κ3) is 5.36. The van der Waals surface area contributed by atoms with Crippen LogP contribution >= 0.6 is 35.0 Å². The van der Waals surface area contributed by atoms with E-state index in [0.717, 1.165) is 41.5 Å². The quantitative estimate of drug-likeness (QED) is 0.356. The van der Waals surface area contributed by atoms with Crippen molar-refractivity contribution < 1.29 is 9.59 Å². The average Bonchev–Trinajstić information content (AvgIpc) is 3.62. The molecule has 0 aliphatic carbocycles. The summed E-state index contributed by atoms with van der Waals surface area (Å²) in [4.78, 5) is 43.0. The van der Waals surface area contributed by atoms with Crippen LogP contribution in [0.4, 0.5) is 0 Å².